The maximum absolute atomic E-state index is 11.9. The van der Waals surface area contributed by atoms with Crippen molar-refractivity contribution in [1.82, 2.24) is 4.90 Å². The SMILES string of the molecule is CCOC(=O)CN(C(=O)CC1CC1)C(C)C. The van der Waals surface area contributed by atoms with E-state index in [2.05, 4.69) is 0 Å². The van der Waals surface area contributed by atoms with Gasteiger partial charge in [-0.15, -0.1) is 0 Å². The summed E-state index contributed by atoms with van der Waals surface area (Å²) in [5.74, 6) is 0.307. The molecular formula is C12H21NO3. The zero-order chi connectivity index (χ0) is 12.1. The summed E-state index contributed by atoms with van der Waals surface area (Å²) in [5, 5.41) is 0. The first-order valence-corrected chi connectivity index (χ1v) is 5.99. The highest BCUT2D eigenvalue weighted by molar-refractivity contribution is 5.82. The lowest BCUT2D eigenvalue weighted by Gasteiger charge is -2.25. The Bertz CT molecular complexity index is 259. The Hall–Kier alpha value is -1.06. The maximum Gasteiger partial charge on any atom is 0.325 e. The van der Waals surface area contributed by atoms with Crippen LogP contribution >= 0.6 is 0 Å². The summed E-state index contributed by atoms with van der Waals surface area (Å²) in [4.78, 5) is 24.8. The molecule has 0 aromatic rings. The van der Waals surface area contributed by atoms with Gasteiger partial charge in [-0.05, 0) is 39.5 Å². The summed E-state index contributed by atoms with van der Waals surface area (Å²) in [6.07, 6.45) is 2.88. The molecule has 0 bridgehead atoms. The van der Waals surface area contributed by atoms with E-state index >= 15 is 0 Å². The van der Waals surface area contributed by atoms with Gasteiger partial charge in [-0.25, -0.2) is 0 Å². The van der Waals surface area contributed by atoms with Gasteiger partial charge in [0.05, 0.1) is 6.61 Å². The second-order valence-corrected chi connectivity index (χ2v) is 4.57. The third kappa shape index (κ3) is 4.21. The molecule has 0 aromatic heterocycles. The van der Waals surface area contributed by atoms with Crippen molar-refractivity contribution in [2.24, 2.45) is 5.92 Å². The number of ether oxygens (including phenoxy) is 1. The van der Waals surface area contributed by atoms with Gasteiger partial charge in [-0.1, -0.05) is 0 Å². The molecule has 0 atom stereocenters. The zero-order valence-corrected chi connectivity index (χ0v) is 10.4. The molecule has 16 heavy (non-hydrogen) atoms. The van der Waals surface area contributed by atoms with Crippen molar-refractivity contribution in [1.29, 1.82) is 0 Å². The van der Waals surface area contributed by atoms with E-state index < -0.39 is 0 Å². The van der Waals surface area contributed by atoms with Crippen molar-refractivity contribution in [3.05, 3.63) is 0 Å². The summed E-state index contributed by atoms with van der Waals surface area (Å²) >= 11 is 0. The zero-order valence-electron chi connectivity index (χ0n) is 10.4. The molecule has 1 rings (SSSR count). The minimum atomic E-state index is -0.319. The molecule has 1 fully saturated rings. The molecular weight excluding hydrogens is 206 g/mol. The normalized spacial score (nSPS) is 15.0. The molecule has 0 unspecified atom stereocenters. The summed E-state index contributed by atoms with van der Waals surface area (Å²) in [5.41, 5.74) is 0. The molecule has 92 valence electrons. The third-order valence-electron chi connectivity index (χ3n) is 2.71. The van der Waals surface area contributed by atoms with Crippen molar-refractivity contribution in [3.63, 3.8) is 0 Å². The van der Waals surface area contributed by atoms with Crippen molar-refractivity contribution in [2.45, 2.75) is 46.1 Å². The molecule has 0 aliphatic heterocycles. The van der Waals surface area contributed by atoms with Crippen LogP contribution in [-0.2, 0) is 14.3 Å². The average molecular weight is 227 g/mol. The van der Waals surface area contributed by atoms with Crippen molar-refractivity contribution in [2.75, 3.05) is 13.2 Å². The van der Waals surface area contributed by atoms with Crippen LogP contribution in [0.3, 0.4) is 0 Å². The highest BCUT2D eigenvalue weighted by Gasteiger charge is 2.28. The second kappa shape index (κ2) is 5.87. The first-order valence-electron chi connectivity index (χ1n) is 5.99. The number of carbonyl (C=O) groups is 2. The maximum atomic E-state index is 11.9. The summed E-state index contributed by atoms with van der Waals surface area (Å²) in [6, 6.07) is 0.0515. The van der Waals surface area contributed by atoms with Crippen LogP contribution in [0.2, 0.25) is 0 Å². The first-order chi connectivity index (χ1) is 7.54. The van der Waals surface area contributed by atoms with Crippen molar-refractivity contribution >= 4 is 11.9 Å². The number of hydrogen-bond acceptors (Lipinski definition) is 3. The predicted octanol–water partition coefficient (Wildman–Crippen LogP) is 1.59. The number of amides is 1. The van der Waals surface area contributed by atoms with Gasteiger partial charge < -0.3 is 9.64 Å². The molecule has 0 N–H and O–H groups in total. The van der Waals surface area contributed by atoms with Crippen LogP contribution in [0.25, 0.3) is 0 Å². The quantitative estimate of drug-likeness (QED) is 0.647. The molecule has 4 heteroatoms. The topological polar surface area (TPSA) is 46.6 Å². The number of rotatable bonds is 6. The monoisotopic (exact) mass is 227 g/mol. The largest absolute Gasteiger partial charge is 0.465 e. The molecule has 1 aliphatic carbocycles. The van der Waals surface area contributed by atoms with Gasteiger partial charge in [0.15, 0.2) is 0 Å². The van der Waals surface area contributed by atoms with E-state index in [4.69, 9.17) is 4.74 Å². The van der Waals surface area contributed by atoms with Crippen LogP contribution in [0.5, 0.6) is 0 Å². The standard InChI is InChI=1S/C12H21NO3/c1-4-16-12(15)8-13(9(2)3)11(14)7-10-5-6-10/h9-10H,4-8H2,1-3H3. The van der Waals surface area contributed by atoms with Crippen molar-refractivity contribution in [3.8, 4) is 0 Å². The van der Waals surface area contributed by atoms with Gasteiger partial charge in [0.1, 0.15) is 6.54 Å². The van der Waals surface area contributed by atoms with Crippen molar-refractivity contribution < 1.29 is 14.3 Å². The van der Waals surface area contributed by atoms with E-state index in [1.165, 1.54) is 0 Å². The molecule has 4 nitrogen and oxygen atoms in total. The Balaban J connectivity index is 2.44. The molecule has 0 saturated heterocycles. The van der Waals surface area contributed by atoms with Gasteiger partial charge >= 0.3 is 5.97 Å². The summed E-state index contributed by atoms with van der Waals surface area (Å²) < 4.78 is 4.86. The van der Waals surface area contributed by atoms with E-state index in [1.807, 2.05) is 13.8 Å². The molecule has 0 radical (unpaired) electrons. The van der Waals surface area contributed by atoms with E-state index in [0.29, 0.717) is 18.9 Å². The van der Waals surface area contributed by atoms with Crippen LogP contribution in [-0.4, -0.2) is 36.0 Å². The highest BCUT2D eigenvalue weighted by Crippen LogP contribution is 2.33. The van der Waals surface area contributed by atoms with Crippen LogP contribution in [0.15, 0.2) is 0 Å². The Kier molecular flexibility index (Phi) is 4.77. The number of nitrogens with zero attached hydrogens (tertiary/aromatic N) is 1. The highest BCUT2D eigenvalue weighted by atomic mass is 16.5. The molecule has 0 spiro atoms. The Morgan fingerprint density at radius 1 is 1.38 bits per heavy atom. The van der Waals surface area contributed by atoms with Gasteiger partial charge in [0.25, 0.3) is 0 Å². The third-order valence-corrected chi connectivity index (χ3v) is 2.71. The second-order valence-electron chi connectivity index (χ2n) is 4.57. The lowest BCUT2D eigenvalue weighted by atomic mass is 10.2. The Morgan fingerprint density at radius 2 is 2.00 bits per heavy atom. The molecule has 0 heterocycles. The lowest BCUT2D eigenvalue weighted by molar-refractivity contribution is -0.150. The van der Waals surface area contributed by atoms with Crippen LogP contribution in [0.4, 0.5) is 0 Å². The lowest BCUT2D eigenvalue weighted by Crippen LogP contribution is -2.41. The first kappa shape index (κ1) is 13.0. The smallest absolute Gasteiger partial charge is 0.325 e. The summed E-state index contributed by atoms with van der Waals surface area (Å²) in [7, 11) is 0. The minimum Gasteiger partial charge on any atom is -0.465 e. The van der Waals surface area contributed by atoms with Gasteiger partial charge in [0, 0.05) is 12.5 Å². The fourth-order valence-corrected chi connectivity index (χ4v) is 1.59. The van der Waals surface area contributed by atoms with E-state index in [-0.39, 0.29) is 24.5 Å². The number of esters is 1. The fraction of sp³-hybridized carbons (Fsp3) is 0.833. The molecule has 1 amide bonds. The van der Waals surface area contributed by atoms with Gasteiger partial charge in [-0.2, -0.15) is 0 Å². The van der Waals surface area contributed by atoms with Gasteiger partial charge in [0.2, 0.25) is 5.91 Å². The number of carbonyl (C=O) groups excluding carboxylic acids is 2. The molecule has 1 saturated carbocycles. The number of hydrogen-bond donors (Lipinski definition) is 0. The van der Waals surface area contributed by atoms with Crippen LogP contribution in [0.1, 0.15) is 40.0 Å². The summed E-state index contributed by atoms with van der Waals surface area (Å²) in [6.45, 7) is 6.05. The van der Waals surface area contributed by atoms with Crippen LogP contribution in [0, 0.1) is 5.92 Å². The van der Waals surface area contributed by atoms with Crippen LogP contribution < -0.4 is 0 Å². The Labute approximate surface area is 96.9 Å². The molecule has 0 aromatic carbocycles. The van der Waals surface area contributed by atoms with Gasteiger partial charge in [-0.3, -0.25) is 9.59 Å². The minimum absolute atomic E-state index is 0.0515. The van der Waals surface area contributed by atoms with E-state index in [0.717, 1.165) is 12.8 Å². The van der Waals surface area contributed by atoms with E-state index in [1.54, 1.807) is 11.8 Å². The van der Waals surface area contributed by atoms with E-state index in [9.17, 15) is 9.59 Å². The Morgan fingerprint density at radius 3 is 2.44 bits per heavy atom. The predicted molar refractivity (Wildman–Crippen MR) is 60.8 cm³/mol. The molecule has 1 aliphatic rings. The fourth-order valence-electron chi connectivity index (χ4n) is 1.59. The average Bonchev–Trinajstić information content (AvgIpc) is 2.97.